The zero-order chi connectivity index (χ0) is 17.3. The molecule has 1 aromatic heterocycles. The molecule has 24 heavy (non-hydrogen) atoms. The van der Waals surface area contributed by atoms with Crippen molar-refractivity contribution in [3.63, 3.8) is 0 Å². The quantitative estimate of drug-likeness (QED) is 0.646. The van der Waals surface area contributed by atoms with E-state index in [9.17, 15) is 9.18 Å². The molecule has 0 saturated carbocycles. The highest BCUT2D eigenvalue weighted by atomic mass is 32.1. The molecular formula is C17H15FN2O2S2. The fourth-order valence-electron chi connectivity index (χ4n) is 2.60. The van der Waals surface area contributed by atoms with E-state index in [1.165, 1.54) is 24.5 Å². The topological polar surface area (TPSA) is 50.4 Å². The van der Waals surface area contributed by atoms with Gasteiger partial charge < -0.3 is 15.4 Å². The molecule has 124 valence electrons. The SMILES string of the molecule is COC(=O)C1=C(C)NC(=S)N[C@@H]1c1ccc(-c2ccccc2F)s1. The number of rotatable bonds is 3. The van der Waals surface area contributed by atoms with Crippen LogP contribution in [0.15, 0.2) is 47.7 Å². The molecule has 0 radical (unpaired) electrons. The lowest BCUT2D eigenvalue weighted by atomic mass is 10.0. The van der Waals surface area contributed by atoms with Crippen LogP contribution in [-0.4, -0.2) is 18.2 Å². The Hall–Kier alpha value is -2.25. The smallest absolute Gasteiger partial charge is 0.337 e. The molecule has 1 atom stereocenters. The summed E-state index contributed by atoms with van der Waals surface area (Å²) in [5.74, 6) is -0.708. The number of thiocarbonyl (C=S) groups is 1. The molecule has 0 bridgehead atoms. The van der Waals surface area contributed by atoms with E-state index >= 15 is 0 Å². The minimum Gasteiger partial charge on any atom is -0.466 e. The second-order valence-electron chi connectivity index (χ2n) is 5.24. The zero-order valence-electron chi connectivity index (χ0n) is 13.1. The van der Waals surface area contributed by atoms with Crippen molar-refractivity contribution in [1.29, 1.82) is 0 Å². The molecule has 0 fully saturated rings. The summed E-state index contributed by atoms with van der Waals surface area (Å²) < 4.78 is 18.9. The average Bonchev–Trinajstić information content (AvgIpc) is 3.03. The molecule has 1 aromatic carbocycles. The summed E-state index contributed by atoms with van der Waals surface area (Å²) in [6.45, 7) is 1.78. The van der Waals surface area contributed by atoms with Gasteiger partial charge in [0.05, 0.1) is 18.7 Å². The normalized spacial score (nSPS) is 17.3. The predicted octanol–water partition coefficient (Wildman–Crippen LogP) is 3.52. The second-order valence-corrected chi connectivity index (χ2v) is 6.77. The molecule has 0 amide bonds. The van der Waals surface area contributed by atoms with Gasteiger partial charge in [-0.25, -0.2) is 9.18 Å². The fourth-order valence-corrected chi connectivity index (χ4v) is 3.97. The van der Waals surface area contributed by atoms with Crippen molar-refractivity contribution >= 4 is 34.6 Å². The van der Waals surface area contributed by atoms with Crippen LogP contribution in [-0.2, 0) is 9.53 Å². The number of thiophene rings is 1. The Morgan fingerprint density at radius 1 is 1.29 bits per heavy atom. The van der Waals surface area contributed by atoms with Gasteiger partial charge >= 0.3 is 5.97 Å². The molecule has 2 heterocycles. The van der Waals surface area contributed by atoms with Crippen LogP contribution in [0.3, 0.4) is 0 Å². The molecule has 2 N–H and O–H groups in total. The molecule has 4 nitrogen and oxygen atoms in total. The zero-order valence-corrected chi connectivity index (χ0v) is 14.7. The summed E-state index contributed by atoms with van der Waals surface area (Å²) in [7, 11) is 1.34. The average molecular weight is 362 g/mol. The van der Waals surface area contributed by atoms with E-state index in [0.717, 1.165) is 9.75 Å². The van der Waals surface area contributed by atoms with Gasteiger partial charge in [-0.1, -0.05) is 18.2 Å². The van der Waals surface area contributed by atoms with Crippen molar-refractivity contribution in [3.8, 4) is 10.4 Å². The molecule has 0 aliphatic carbocycles. The Balaban J connectivity index is 2.02. The van der Waals surface area contributed by atoms with Gasteiger partial charge in [0.15, 0.2) is 5.11 Å². The van der Waals surface area contributed by atoms with Gasteiger partial charge in [-0.05, 0) is 37.3 Å². The Kier molecular flexibility index (Phi) is 4.64. The third-order valence-corrected chi connectivity index (χ3v) is 5.13. The lowest BCUT2D eigenvalue weighted by Gasteiger charge is -2.28. The van der Waals surface area contributed by atoms with E-state index in [1.807, 2.05) is 12.1 Å². The Labute approximate surface area is 148 Å². The summed E-state index contributed by atoms with van der Waals surface area (Å²) >= 11 is 6.60. The Morgan fingerprint density at radius 3 is 2.75 bits per heavy atom. The standard InChI is InChI=1S/C17H15FN2O2S2/c1-9-14(16(21)22-2)15(20-17(23)19-9)13-8-7-12(24-13)10-5-3-4-6-11(10)18/h3-8,15H,1-2H3,(H2,19,20,23)/t15-/m1/s1. The maximum absolute atomic E-state index is 14.0. The lowest BCUT2D eigenvalue weighted by molar-refractivity contribution is -0.136. The monoisotopic (exact) mass is 362 g/mol. The summed E-state index contributed by atoms with van der Waals surface area (Å²) in [4.78, 5) is 13.8. The number of hydrogen-bond donors (Lipinski definition) is 2. The first-order valence-corrected chi connectivity index (χ1v) is 8.45. The van der Waals surface area contributed by atoms with Gasteiger partial charge in [0.1, 0.15) is 5.82 Å². The van der Waals surface area contributed by atoms with Crippen molar-refractivity contribution in [3.05, 3.63) is 58.4 Å². The van der Waals surface area contributed by atoms with Crippen LogP contribution in [0.2, 0.25) is 0 Å². The first-order chi connectivity index (χ1) is 11.5. The molecule has 1 aliphatic rings. The number of benzene rings is 1. The minimum atomic E-state index is -0.430. The number of esters is 1. The molecule has 3 rings (SSSR count). The van der Waals surface area contributed by atoms with Gasteiger partial charge in [-0.15, -0.1) is 11.3 Å². The third kappa shape index (κ3) is 3.05. The summed E-state index contributed by atoms with van der Waals surface area (Å²) in [5, 5.41) is 6.46. The maximum Gasteiger partial charge on any atom is 0.337 e. The molecule has 0 spiro atoms. The molecule has 0 saturated heterocycles. The van der Waals surface area contributed by atoms with Crippen molar-refractivity contribution in [2.45, 2.75) is 13.0 Å². The van der Waals surface area contributed by atoms with Crippen LogP contribution >= 0.6 is 23.6 Å². The van der Waals surface area contributed by atoms with Crippen molar-refractivity contribution in [1.82, 2.24) is 10.6 Å². The van der Waals surface area contributed by atoms with Crippen molar-refractivity contribution in [2.24, 2.45) is 0 Å². The highest BCUT2D eigenvalue weighted by Gasteiger charge is 2.31. The summed E-state index contributed by atoms with van der Waals surface area (Å²) in [6.07, 6.45) is 0. The summed E-state index contributed by atoms with van der Waals surface area (Å²) in [5.41, 5.74) is 1.65. The van der Waals surface area contributed by atoms with Gasteiger partial charge in [-0.2, -0.15) is 0 Å². The van der Waals surface area contributed by atoms with Crippen LogP contribution in [0.5, 0.6) is 0 Å². The van der Waals surface area contributed by atoms with Gasteiger partial charge in [0, 0.05) is 21.0 Å². The predicted molar refractivity (Wildman–Crippen MR) is 96.0 cm³/mol. The maximum atomic E-state index is 14.0. The van der Waals surface area contributed by atoms with Crippen molar-refractivity contribution < 1.29 is 13.9 Å². The Bertz CT molecular complexity index is 845. The molecular weight excluding hydrogens is 347 g/mol. The highest BCUT2D eigenvalue weighted by molar-refractivity contribution is 7.80. The van der Waals surface area contributed by atoms with E-state index in [-0.39, 0.29) is 5.82 Å². The second kappa shape index (κ2) is 6.70. The van der Waals surface area contributed by atoms with Gasteiger partial charge in [-0.3, -0.25) is 0 Å². The number of ether oxygens (including phenoxy) is 1. The Morgan fingerprint density at radius 2 is 2.04 bits per heavy atom. The van der Waals surface area contributed by atoms with E-state index in [4.69, 9.17) is 17.0 Å². The number of allylic oxidation sites excluding steroid dienone is 1. The highest BCUT2D eigenvalue weighted by Crippen LogP contribution is 2.37. The molecule has 2 aromatic rings. The van der Waals surface area contributed by atoms with Gasteiger partial charge in [0.25, 0.3) is 0 Å². The van der Waals surface area contributed by atoms with Crippen LogP contribution in [0, 0.1) is 5.82 Å². The number of nitrogens with one attached hydrogen (secondary N) is 2. The number of hydrogen-bond acceptors (Lipinski definition) is 4. The lowest BCUT2D eigenvalue weighted by Crippen LogP contribution is -2.44. The molecule has 7 heteroatoms. The van der Waals surface area contributed by atoms with Crippen LogP contribution in [0.1, 0.15) is 17.8 Å². The first kappa shape index (κ1) is 16.6. The number of methoxy groups -OCH3 is 1. The van der Waals surface area contributed by atoms with E-state index in [2.05, 4.69) is 10.6 Å². The molecule has 1 aliphatic heterocycles. The third-order valence-electron chi connectivity index (χ3n) is 3.73. The number of halogens is 1. The van der Waals surface area contributed by atoms with Crippen LogP contribution in [0.25, 0.3) is 10.4 Å². The first-order valence-electron chi connectivity index (χ1n) is 7.22. The minimum absolute atomic E-state index is 0.278. The number of carbonyl (C=O) groups is 1. The van der Waals surface area contributed by atoms with E-state index in [1.54, 1.807) is 25.1 Å². The van der Waals surface area contributed by atoms with Crippen molar-refractivity contribution in [2.75, 3.05) is 7.11 Å². The summed E-state index contributed by atoms with van der Waals surface area (Å²) in [6, 6.07) is 9.89. The van der Waals surface area contributed by atoms with E-state index in [0.29, 0.717) is 21.9 Å². The van der Waals surface area contributed by atoms with Crippen LogP contribution < -0.4 is 10.6 Å². The van der Waals surface area contributed by atoms with Gasteiger partial charge in [0.2, 0.25) is 0 Å². The van der Waals surface area contributed by atoms with Crippen LogP contribution in [0.4, 0.5) is 4.39 Å². The van der Waals surface area contributed by atoms with E-state index < -0.39 is 12.0 Å². The largest absolute Gasteiger partial charge is 0.466 e. The number of carbonyl (C=O) groups excluding carboxylic acids is 1. The molecule has 0 unspecified atom stereocenters. The fraction of sp³-hybridized carbons (Fsp3) is 0.176.